The van der Waals surface area contributed by atoms with Crippen LogP contribution in [0.5, 0.6) is 5.75 Å². The molecule has 1 aromatic carbocycles. The monoisotopic (exact) mass is 523 g/mol. The molecular weight excluding hydrogens is 486 g/mol. The van der Waals surface area contributed by atoms with E-state index >= 15 is 0 Å². The lowest BCUT2D eigenvalue weighted by Gasteiger charge is -2.38. The molecule has 4 heterocycles. The Bertz CT molecular complexity index is 1150. The maximum atomic E-state index is 14.4. The number of rotatable bonds is 8. The molecule has 204 valence electrons. The first kappa shape index (κ1) is 26.4. The number of carbonyl (C=O) groups is 3. The highest BCUT2D eigenvalue weighted by Crippen LogP contribution is 2.58. The second kappa shape index (κ2) is 10.2. The van der Waals surface area contributed by atoms with Gasteiger partial charge in [0.1, 0.15) is 17.4 Å². The number of anilines is 1. The van der Waals surface area contributed by atoms with Gasteiger partial charge in [-0.2, -0.15) is 0 Å². The standard InChI is InChI=1S/C29H37N3O6/c1-4-28-14-8-16-30(2)25(34)22(28)23-26(35)32(17-6-5-7-19-33)24-27(36)31(18-9-15-29(23,24)38-28)20-10-12-21(37-3)13-11-20/h8-15,22-24,33H,4-7,16-19H2,1-3H3/t22-,23+,24?,28+,29+/m1/s1. The van der Waals surface area contributed by atoms with Gasteiger partial charge in [-0.3, -0.25) is 14.4 Å². The number of unbranched alkanes of at least 4 members (excludes halogenated alkanes) is 2. The molecule has 0 saturated carbocycles. The minimum absolute atomic E-state index is 0.0776. The average Bonchev–Trinajstić information content (AvgIpc) is 3.22. The molecule has 5 rings (SSSR count). The normalized spacial score (nSPS) is 32.3. The molecule has 0 aromatic heterocycles. The maximum absolute atomic E-state index is 14.4. The first-order valence-corrected chi connectivity index (χ1v) is 13.5. The van der Waals surface area contributed by atoms with E-state index in [9.17, 15) is 19.5 Å². The summed E-state index contributed by atoms with van der Waals surface area (Å²) in [5.74, 6) is -1.43. The molecule has 3 amide bonds. The Morgan fingerprint density at radius 3 is 2.39 bits per heavy atom. The van der Waals surface area contributed by atoms with Crippen molar-refractivity contribution in [2.75, 3.05) is 45.3 Å². The van der Waals surface area contributed by atoms with Gasteiger partial charge in [-0.25, -0.2) is 0 Å². The molecule has 0 radical (unpaired) electrons. The fourth-order valence-corrected chi connectivity index (χ4v) is 6.69. The van der Waals surface area contributed by atoms with Crippen molar-refractivity contribution in [1.29, 1.82) is 0 Å². The van der Waals surface area contributed by atoms with Gasteiger partial charge in [0, 0.05) is 39.0 Å². The number of likely N-dealkylation sites (tertiary alicyclic amines) is 1. The number of aliphatic hydroxyl groups excluding tert-OH is 1. The summed E-state index contributed by atoms with van der Waals surface area (Å²) in [7, 11) is 3.33. The molecule has 9 nitrogen and oxygen atoms in total. The number of aliphatic hydroxyl groups is 1. The van der Waals surface area contributed by atoms with E-state index in [1.807, 2.05) is 43.4 Å². The Hall–Kier alpha value is -3.17. The number of carbonyl (C=O) groups excluding carboxylic acids is 3. The number of likely N-dealkylation sites (N-methyl/N-ethyl adjacent to an activating group) is 1. The summed E-state index contributed by atoms with van der Waals surface area (Å²) < 4.78 is 12.2. The van der Waals surface area contributed by atoms with Crippen LogP contribution >= 0.6 is 0 Å². The molecule has 0 aliphatic carbocycles. The minimum Gasteiger partial charge on any atom is -0.497 e. The molecule has 1 N–H and O–H groups in total. The molecule has 5 atom stereocenters. The molecule has 2 fully saturated rings. The lowest BCUT2D eigenvalue weighted by atomic mass is 9.73. The lowest BCUT2D eigenvalue weighted by Crippen LogP contribution is -2.56. The number of nitrogens with zero attached hydrogens (tertiary/aromatic N) is 3. The van der Waals surface area contributed by atoms with Gasteiger partial charge in [0.05, 0.1) is 24.5 Å². The van der Waals surface area contributed by atoms with Crippen molar-refractivity contribution >= 4 is 23.4 Å². The number of methoxy groups -OCH3 is 1. The van der Waals surface area contributed by atoms with Gasteiger partial charge in [0.2, 0.25) is 11.8 Å². The van der Waals surface area contributed by atoms with Gasteiger partial charge in [-0.05, 0) is 49.9 Å². The van der Waals surface area contributed by atoms with Crippen LogP contribution in [0.15, 0.2) is 48.6 Å². The predicted octanol–water partition coefficient (Wildman–Crippen LogP) is 2.15. The minimum atomic E-state index is -1.26. The highest BCUT2D eigenvalue weighted by Gasteiger charge is 2.75. The summed E-state index contributed by atoms with van der Waals surface area (Å²) in [5, 5.41) is 9.24. The second-order valence-corrected chi connectivity index (χ2v) is 10.6. The topological polar surface area (TPSA) is 99.6 Å². The van der Waals surface area contributed by atoms with E-state index in [0.717, 1.165) is 6.42 Å². The molecule has 4 aliphatic heterocycles. The summed E-state index contributed by atoms with van der Waals surface area (Å²) in [4.78, 5) is 47.4. The highest BCUT2D eigenvalue weighted by atomic mass is 16.5. The Kier molecular flexibility index (Phi) is 7.09. The predicted molar refractivity (Wildman–Crippen MR) is 142 cm³/mol. The van der Waals surface area contributed by atoms with E-state index in [0.29, 0.717) is 50.3 Å². The van der Waals surface area contributed by atoms with E-state index in [1.54, 1.807) is 41.0 Å². The van der Waals surface area contributed by atoms with Crippen LogP contribution in [-0.4, -0.2) is 90.3 Å². The number of hydrogen-bond acceptors (Lipinski definition) is 6. The Balaban J connectivity index is 1.60. The lowest BCUT2D eigenvalue weighted by molar-refractivity contribution is -0.149. The van der Waals surface area contributed by atoms with Gasteiger partial charge < -0.3 is 29.3 Å². The molecule has 1 spiro atoms. The first-order chi connectivity index (χ1) is 18.3. The third-order valence-electron chi connectivity index (χ3n) is 8.58. The molecular formula is C29H37N3O6. The fourth-order valence-electron chi connectivity index (χ4n) is 6.69. The van der Waals surface area contributed by atoms with Gasteiger partial charge >= 0.3 is 0 Å². The van der Waals surface area contributed by atoms with Crippen molar-refractivity contribution in [3.05, 3.63) is 48.6 Å². The SMILES string of the molecule is CC[C@]12C=CCN(C)C(=O)[C@H]1[C@H]1C(=O)N(CCCCCO)C3C(=O)N(c4ccc(OC)cc4)CC=C[C@@]31O2. The molecule has 1 unspecified atom stereocenters. The second-order valence-electron chi connectivity index (χ2n) is 10.6. The van der Waals surface area contributed by atoms with Crippen LogP contribution < -0.4 is 9.64 Å². The summed E-state index contributed by atoms with van der Waals surface area (Å²) >= 11 is 0. The van der Waals surface area contributed by atoms with Crippen LogP contribution in [0.25, 0.3) is 0 Å². The Labute approximate surface area is 223 Å². The van der Waals surface area contributed by atoms with E-state index in [2.05, 4.69) is 0 Å². The third kappa shape index (κ3) is 3.94. The molecule has 38 heavy (non-hydrogen) atoms. The number of fused-ring (bicyclic) bond motifs is 2. The van der Waals surface area contributed by atoms with Crippen LogP contribution in [0.2, 0.25) is 0 Å². The van der Waals surface area contributed by atoms with E-state index in [1.165, 1.54) is 0 Å². The number of ether oxygens (including phenoxy) is 2. The van der Waals surface area contributed by atoms with Crippen LogP contribution in [0.1, 0.15) is 32.6 Å². The van der Waals surface area contributed by atoms with Crippen LogP contribution in [0.4, 0.5) is 5.69 Å². The number of hydrogen-bond donors (Lipinski definition) is 1. The highest BCUT2D eigenvalue weighted by molar-refractivity contribution is 6.06. The quantitative estimate of drug-likeness (QED) is 0.414. The van der Waals surface area contributed by atoms with Crippen molar-refractivity contribution < 1.29 is 29.0 Å². The van der Waals surface area contributed by atoms with Gasteiger partial charge in [0.25, 0.3) is 5.91 Å². The van der Waals surface area contributed by atoms with Crippen molar-refractivity contribution in [3.8, 4) is 5.75 Å². The Morgan fingerprint density at radius 1 is 0.974 bits per heavy atom. The largest absolute Gasteiger partial charge is 0.497 e. The van der Waals surface area contributed by atoms with Crippen molar-refractivity contribution in [3.63, 3.8) is 0 Å². The molecule has 4 aliphatic rings. The average molecular weight is 524 g/mol. The maximum Gasteiger partial charge on any atom is 0.253 e. The van der Waals surface area contributed by atoms with E-state index in [-0.39, 0.29) is 24.3 Å². The third-order valence-corrected chi connectivity index (χ3v) is 8.58. The number of amides is 3. The van der Waals surface area contributed by atoms with Crippen molar-refractivity contribution in [1.82, 2.24) is 9.80 Å². The fraction of sp³-hybridized carbons (Fsp3) is 0.552. The zero-order valence-electron chi connectivity index (χ0n) is 22.3. The van der Waals surface area contributed by atoms with E-state index < -0.39 is 29.1 Å². The van der Waals surface area contributed by atoms with Gasteiger partial charge in [0.15, 0.2) is 0 Å². The summed E-state index contributed by atoms with van der Waals surface area (Å²) in [6, 6.07) is 6.36. The molecule has 2 saturated heterocycles. The zero-order chi connectivity index (χ0) is 27.1. The van der Waals surface area contributed by atoms with Crippen molar-refractivity contribution in [2.45, 2.75) is 49.9 Å². The summed E-state index contributed by atoms with van der Waals surface area (Å²) in [5.41, 5.74) is -1.53. The summed E-state index contributed by atoms with van der Waals surface area (Å²) in [6.45, 7) is 3.16. The van der Waals surface area contributed by atoms with Gasteiger partial charge in [-0.15, -0.1) is 0 Å². The first-order valence-electron chi connectivity index (χ1n) is 13.5. The molecule has 9 heteroatoms. The zero-order valence-corrected chi connectivity index (χ0v) is 22.3. The van der Waals surface area contributed by atoms with Crippen LogP contribution in [-0.2, 0) is 19.1 Å². The smallest absolute Gasteiger partial charge is 0.253 e. The van der Waals surface area contributed by atoms with Crippen molar-refractivity contribution in [2.24, 2.45) is 11.8 Å². The molecule has 0 bridgehead atoms. The number of benzene rings is 1. The van der Waals surface area contributed by atoms with Crippen LogP contribution in [0.3, 0.4) is 0 Å². The molecule has 1 aromatic rings. The van der Waals surface area contributed by atoms with E-state index in [4.69, 9.17) is 9.47 Å². The Morgan fingerprint density at radius 2 is 1.71 bits per heavy atom. The van der Waals surface area contributed by atoms with Gasteiger partial charge in [-0.1, -0.05) is 31.2 Å². The summed E-state index contributed by atoms with van der Waals surface area (Å²) in [6.07, 6.45) is 10.1. The van der Waals surface area contributed by atoms with Crippen LogP contribution in [0, 0.1) is 11.8 Å².